The maximum atomic E-state index is 12.4. The predicted molar refractivity (Wildman–Crippen MR) is 117 cm³/mol. The molecule has 1 heterocycles. The van der Waals surface area contributed by atoms with Gasteiger partial charge in [-0.1, -0.05) is 29.5 Å². The number of rotatable bonds is 7. The first-order valence-corrected chi connectivity index (χ1v) is 10.3. The number of thioether (sulfide) groups is 1. The van der Waals surface area contributed by atoms with E-state index in [4.69, 9.17) is 10.6 Å². The number of nitrogen functional groups attached to an aromatic ring is 1. The number of nitrogens with one attached hydrogen (secondary N) is 1. The summed E-state index contributed by atoms with van der Waals surface area (Å²) in [4.78, 5) is 12.4. The highest BCUT2D eigenvalue weighted by Gasteiger charge is 2.15. The van der Waals surface area contributed by atoms with E-state index in [1.807, 2.05) is 52.0 Å². The van der Waals surface area contributed by atoms with Crippen molar-refractivity contribution in [3.63, 3.8) is 0 Å². The first-order valence-electron chi connectivity index (χ1n) is 9.33. The molecule has 1 aromatic heterocycles. The lowest BCUT2D eigenvalue weighted by Crippen LogP contribution is -2.17. The van der Waals surface area contributed by atoms with Crippen LogP contribution in [0.2, 0.25) is 0 Å². The van der Waals surface area contributed by atoms with Gasteiger partial charge in [-0.2, -0.15) is 0 Å². The summed E-state index contributed by atoms with van der Waals surface area (Å²) in [5, 5.41) is 11.7. The first kappa shape index (κ1) is 20.7. The largest absolute Gasteiger partial charge is 0.494 e. The fourth-order valence-corrected chi connectivity index (χ4v) is 3.78. The summed E-state index contributed by atoms with van der Waals surface area (Å²) >= 11 is 1.24. The van der Waals surface area contributed by atoms with Gasteiger partial charge in [-0.15, -0.1) is 10.2 Å². The van der Waals surface area contributed by atoms with E-state index in [0.717, 1.165) is 28.1 Å². The average Bonchev–Trinajstić information content (AvgIpc) is 3.04. The summed E-state index contributed by atoms with van der Waals surface area (Å²) in [6.07, 6.45) is 0. The predicted octanol–water partition coefficient (Wildman–Crippen LogP) is 3.71. The minimum Gasteiger partial charge on any atom is -0.494 e. The lowest BCUT2D eigenvalue weighted by atomic mass is 10.1. The van der Waals surface area contributed by atoms with Gasteiger partial charge in [0.1, 0.15) is 5.75 Å². The van der Waals surface area contributed by atoms with Crippen LogP contribution in [0.4, 0.5) is 5.69 Å². The molecule has 3 N–H and O–H groups in total. The molecule has 0 bridgehead atoms. The zero-order valence-electron chi connectivity index (χ0n) is 17.0. The van der Waals surface area contributed by atoms with Crippen LogP contribution in [0, 0.1) is 20.8 Å². The molecule has 8 heteroatoms. The number of carbonyl (C=O) groups excluding carboxylic acids is 1. The average molecular weight is 412 g/mol. The second kappa shape index (κ2) is 9.00. The maximum Gasteiger partial charge on any atom is 0.234 e. The molecule has 3 aromatic rings. The smallest absolute Gasteiger partial charge is 0.234 e. The molecule has 0 atom stereocenters. The van der Waals surface area contributed by atoms with Crippen molar-refractivity contribution in [2.75, 3.05) is 23.5 Å². The van der Waals surface area contributed by atoms with Crippen LogP contribution in [-0.2, 0) is 4.79 Å². The van der Waals surface area contributed by atoms with Gasteiger partial charge in [0, 0.05) is 11.3 Å². The summed E-state index contributed by atoms with van der Waals surface area (Å²) in [6.45, 7) is 8.56. The number of aromatic nitrogens is 3. The zero-order chi connectivity index (χ0) is 21.0. The van der Waals surface area contributed by atoms with E-state index in [2.05, 4.69) is 27.6 Å². The van der Waals surface area contributed by atoms with Crippen LogP contribution in [0.1, 0.15) is 23.6 Å². The number of hydrogen-bond acceptors (Lipinski definition) is 6. The van der Waals surface area contributed by atoms with Crippen LogP contribution < -0.4 is 15.9 Å². The van der Waals surface area contributed by atoms with E-state index in [0.29, 0.717) is 17.6 Å². The Bertz CT molecular complexity index is 991. The van der Waals surface area contributed by atoms with Crippen molar-refractivity contribution in [2.45, 2.75) is 32.9 Å². The van der Waals surface area contributed by atoms with E-state index >= 15 is 0 Å². The van der Waals surface area contributed by atoms with Crippen LogP contribution >= 0.6 is 11.8 Å². The second-order valence-corrected chi connectivity index (χ2v) is 7.69. The number of amides is 1. The molecule has 0 radical (unpaired) electrons. The Balaban J connectivity index is 1.65. The molecular formula is C21H25N5O2S. The number of anilines is 1. The Hall–Kier alpha value is -3.00. The van der Waals surface area contributed by atoms with Gasteiger partial charge in [0.2, 0.25) is 11.1 Å². The van der Waals surface area contributed by atoms with Gasteiger partial charge in [-0.25, -0.2) is 4.68 Å². The fraction of sp³-hybridized carbons (Fsp3) is 0.286. The third kappa shape index (κ3) is 4.89. The fourth-order valence-electron chi connectivity index (χ4n) is 3.12. The van der Waals surface area contributed by atoms with Gasteiger partial charge >= 0.3 is 0 Å². The topological polar surface area (TPSA) is 95.1 Å². The minimum absolute atomic E-state index is 0.115. The molecule has 0 aliphatic rings. The van der Waals surface area contributed by atoms with Crippen molar-refractivity contribution in [3.8, 4) is 17.1 Å². The molecule has 0 aliphatic heterocycles. The summed E-state index contributed by atoms with van der Waals surface area (Å²) in [5.41, 5.74) is 4.93. The quantitative estimate of drug-likeness (QED) is 0.455. The Morgan fingerprint density at radius 2 is 1.79 bits per heavy atom. The summed E-state index contributed by atoms with van der Waals surface area (Å²) in [7, 11) is 0. The highest BCUT2D eigenvalue weighted by atomic mass is 32.2. The molecule has 1 amide bonds. The molecule has 152 valence electrons. The first-order chi connectivity index (χ1) is 13.9. The number of nitrogens with zero attached hydrogens (tertiary/aromatic N) is 3. The lowest BCUT2D eigenvalue weighted by molar-refractivity contribution is -0.113. The van der Waals surface area contributed by atoms with Gasteiger partial charge in [-0.05, 0) is 63.1 Å². The van der Waals surface area contributed by atoms with Crippen LogP contribution in [0.25, 0.3) is 11.4 Å². The molecule has 2 aromatic carbocycles. The number of benzene rings is 2. The summed E-state index contributed by atoms with van der Waals surface area (Å²) in [6, 6.07) is 11.6. The van der Waals surface area contributed by atoms with Gasteiger partial charge < -0.3 is 15.9 Å². The van der Waals surface area contributed by atoms with E-state index < -0.39 is 0 Å². The lowest BCUT2D eigenvalue weighted by Gasteiger charge is -2.12. The van der Waals surface area contributed by atoms with E-state index in [1.165, 1.54) is 22.0 Å². The summed E-state index contributed by atoms with van der Waals surface area (Å²) < 4.78 is 6.85. The number of ether oxygens (including phenoxy) is 1. The van der Waals surface area contributed by atoms with Gasteiger partial charge in [0.15, 0.2) is 5.82 Å². The van der Waals surface area contributed by atoms with Crippen molar-refractivity contribution in [1.82, 2.24) is 14.9 Å². The van der Waals surface area contributed by atoms with Gasteiger partial charge in [0.25, 0.3) is 0 Å². The molecule has 0 spiro atoms. The van der Waals surface area contributed by atoms with E-state index in [-0.39, 0.29) is 11.7 Å². The highest BCUT2D eigenvalue weighted by molar-refractivity contribution is 7.99. The second-order valence-electron chi connectivity index (χ2n) is 6.74. The van der Waals surface area contributed by atoms with Crippen LogP contribution in [0.5, 0.6) is 5.75 Å². The molecule has 0 saturated heterocycles. The highest BCUT2D eigenvalue weighted by Crippen LogP contribution is 2.25. The number of aryl methyl sites for hydroxylation is 3. The van der Waals surface area contributed by atoms with Gasteiger partial charge in [0.05, 0.1) is 12.4 Å². The molecule has 0 unspecified atom stereocenters. The van der Waals surface area contributed by atoms with Crippen molar-refractivity contribution >= 4 is 23.4 Å². The standard InChI is InChI=1S/C21H25N5O2S/c1-5-28-17-8-6-16(7-9-17)20-24-25-21(26(20)22)29-12-18(27)23-19-14(3)10-13(2)11-15(19)4/h6-11H,5,12,22H2,1-4H3,(H,23,27). The van der Waals surface area contributed by atoms with Crippen LogP contribution in [0.3, 0.4) is 0 Å². The summed E-state index contributed by atoms with van der Waals surface area (Å²) in [5.74, 6) is 7.53. The maximum absolute atomic E-state index is 12.4. The Morgan fingerprint density at radius 1 is 1.14 bits per heavy atom. The molecule has 0 fully saturated rings. The number of nitrogens with two attached hydrogens (primary N) is 1. The molecule has 3 rings (SSSR count). The number of hydrogen-bond donors (Lipinski definition) is 2. The third-order valence-electron chi connectivity index (χ3n) is 4.36. The normalized spacial score (nSPS) is 10.8. The SMILES string of the molecule is CCOc1ccc(-c2nnc(SCC(=O)Nc3c(C)cc(C)cc3C)n2N)cc1. The van der Waals surface area contributed by atoms with Crippen LogP contribution in [0.15, 0.2) is 41.6 Å². The Labute approximate surface area is 174 Å². The molecule has 0 aliphatic carbocycles. The number of carbonyl (C=O) groups is 1. The van der Waals surface area contributed by atoms with Crippen molar-refractivity contribution in [3.05, 3.63) is 53.1 Å². The Morgan fingerprint density at radius 3 is 2.41 bits per heavy atom. The van der Waals surface area contributed by atoms with Crippen LogP contribution in [-0.4, -0.2) is 33.1 Å². The van der Waals surface area contributed by atoms with Gasteiger partial charge in [-0.3, -0.25) is 4.79 Å². The Kier molecular flexibility index (Phi) is 6.43. The zero-order valence-corrected chi connectivity index (χ0v) is 17.8. The van der Waals surface area contributed by atoms with Crippen molar-refractivity contribution in [2.24, 2.45) is 0 Å². The molecule has 0 saturated carbocycles. The van der Waals surface area contributed by atoms with Crippen molar-refractivity contribution < 1.29 is 9.53 Å². The van der Waals surface area contributed by atoms with E-state index in [9.17, 15) is 4.79 Å². The molecular weight excluding hydrogens is 386 g/mol. The monoisotopic (exact) mass is 411 g/mol. The van der Waals surface area contributed by atoms with Crippen molar-refractivity contribution in [1.29, 1.82) is 0 Å². The molecule has 29 heavy (non-hydrogen) atoms. The molecule has 7 nitrogen and oxygen atoms in total. The third-order valence-corrected chi connectivity index (χ3v) is 5.30. The minimum atomic E-state index is -0.115. The van der Waals surface area contributed by atoms with E-state index in [1.54, 1.807) is 0 Å².